The molecule has 2 nitrogen and oxygen atoms in total. The van der Waals surface area contributed by atoms with E-state index in [1.807, 2.05) is 0 Å². The molecule has 2 aromatic carbocycles. The number of benzene rings is 2. The van der Waals surface area contributed by atoms with Crippen LogP contribution in [0.4, 0.5) is 0 Å². The summed E-state index contributed by atoms with van der Waals surface area (Å²) in [5, 5.41) is 0. The normalized spacial score (nSPS) is 23.2. The van der Waals surface area contributed by atoms with Gasteiger partial charge in [-0.2, -0.15) is 0 Å². The summed E-state index contributed by atoms with van der Waals surface area (Å²) in [6.45, 7) is 7.04. The van der Waals surface area contributed by atoms with Crippen LogP contribution in [0.3, 0.4) is 0 Å². The highest BCUT2D eigenvalue weighted by Gasteiger charge is 2.35. The van der Waals surface area contributed by atoms with Gasteiger partial charge >= 0.3 is 5.97 Å². The molecule has 0 N–H and O–H groups in total. The van der Waals surface area contributed by atoms with Crippen LogP contribution < -0.4 is 0 Å². The summed E-state index contributed by atoms with van der Waals surface area (Å²) in [4.78, 5) is 13.3. The number of carbonyl (C=O) groups excluding carboxylic acids is 1. The molecule has 0 bridgehead atoms. The van der Waals surface area contributed by atoms with Crippen LogP contribution in [0.15, 0.2) is 60.2 Å². The Morgan fingerprint density at radius 3 is 2.20 bits per heavy atom. The van der Waals surface area contributed by atoms with Gasteiger partial charge in [-0.05, 0) is 60.8 Å². The van der Waals surface area contributed by atoms with Crippen molar-refractivity contribution in [1.82, 2.24) is 0 Å². The van der Waals surface area contributed by atoms with Gasteiger partial charge in [0.2, 0.25) is 0 Å². The Balaban J connectivity index is 1.51. The van der Waals surface area contributed by atoms with E-state index < -0.39 is 0 Å². The molecule has 0 spiro atoms. The molecule has 1 fully saturated rings. The summed E-state index contributed by atoms with van der Waals surface area (Å²) in [7, 11) is 0. The van der Waals surface area contributed by atoms with Gasteiger partial charge in [0.05, 0.1) is 5.92 Å². The lowest BCUT2D eigenvalue weighted by Gasteiger charge is -2.28. The second-order valence-electron chi connectivity index (χ2n) is 9.41. The first-order valence-corrected chi connectivity index (χ1v) is 11.5. The first-order chi connectivity index (χ1) is 14.6. The van der Waals surface area contributed by atoms with E-state index in [0.29, 0.717) is 18.4 Å². The predicted octanol–water partition coefficient (Wildman–Crippen LogP) is 7.14. The number of fused-ring (bicyclic) bond motifs is 3. The van der Waals surface area contributed by atoms with E-state index in [9.17, 15) is 4.79 Å². The number of carbonyl (C=O) groups is 1. The molecule has 0 aliphatic heterocycles. The molecular weight excluding hydrogens is 368 g/mol. The monoisotopic (exact) mass is 402 g/mol. The number of allylic oxidation sites excluding steroid dienone is 2. The summed E-state index contributed by atoms with van der Waals surface area (Å²) in [5.41, 5.74) is 6.44. The molecule has 1 saturated carbocycles. The molecule has 2 aliphatic carbocycles. The van der Waals surface area contributed by atoms with Gasteiger partial charge in [-0.3, -0.25) is 4.79 Å². The van der Waals surface area contributed by atoms with Crippen LogP contribution in [-0.2, 0) is 9.53 Å². The summed E-state index contributed by atoms with van der Waals surface area (Å²) in [6.07, 6.45) is 7.81. The summed E-state index contributed by atoms with van der Waals surface area (Å²) >= 11 is 0. The molecule has 2 aliphatic rings. The van der Waals surface area contributed by atoms with E-state index in [-0.39, 0.29) is 17.8 Å². The molecule has 2 aromatic rings. The second kappa shape index (κ2) is 9.20. The molecule has 0 amide bonds. The van der Waals surface area contributed by atoms with Crippen molar-refractivity contribution in [2.75, 3.05) is 6.61 Å². The van der Waals surface area contributed by atoms with Crippen molar-refractivity contribution in [2.24, 2.45) is 17.8 Å². The largest absolute Gasteiger partial charge is 0.464 e. The third kappa shape index (κ3) is 4.24. The minimum Gasteiger partial charge on any atom is -0.464 e. The van der Waals surface area contributed by atoms with Crippen LogP contribution in [-0.4, -0.2) is 12.6 Å². The maximum atomic E-state index is 13.3. The fourth-order valence-corrected chi connectivity index (χ4v) is 5.43. The zero-order valence-corrected chi connectivity index (χ0v) is 18.6. The van der Waals surface area contributed by atoms with Crippen molar-refractivity contribution in [2.45, 2.75) is 58.8 Å². The van der Waals surface area contributed by atoms with Crippen LogP contribution in [0, 0.1) is 17.8 Å². The lowest BCUT2D eigenvalue weighted by atomic mass is 9.79. The van der Waals surface area contributed by atoms with E-state index in [0.717, 1.165) is 19.3 Å². The number of esters is 1. The Morgan fingerprint density at radius 2 is 1.57 bits per heavy atom. The molecule has 158 valence electrons. The van der Waals surface area contributed by atoms with Crippen molar-refractivity contribution in [1.29, 1.82) is 0 Å². The van der Waals surface area contributed by atoms with Crippen LogP contribution >= 0.6 is 0 Å². The van der Waals surface area contributed by atoms with E-state index in [1.54, 1.807) is 0 Å². The molecular formula is C28H34O2. The molecule has 30 heavy (non-hydrogen) atoms. The standard InChI is InChI=1S/C28H34O2/c1-19(2)16-17-21-20(3)10-4-5-15-26(21)28(29)30-18-27-24-13-8-6-11-22(24)23-12-7-9-14-25(23)27/h6-9,11-14,16,20-21,26-27H,4-5,10,15,17-18H2,1-3H3. The SMILES string of the molecule is CC(C)=CCC1C(C)CCCCC1C(=O)OCC1c2ccccc2-c2ccccc21. The molecule has 0 aromatic heterocycles. The lowest BCUT2D eigenvalue weighted by Crippen LogP contribution is -2.29. The molecule has 0 heterocycles. The molecule has 0 radical (unpaired) electrons. The Morgan fingerprint density at radius 1 is 0.967 bits per heavy atom. The number of hydrogen-bond donors (Lipinski definition) is 0. The predicted molar refractivity (Wildman–Crippen MR) is 123 cm³/mol. The zero-order chi connectivity index (χ0) is 21.1. The Kier molecular flexibility index (Phi) is 6.41. The minimum absolute atomic E-state index is 0.0118. The Bertz CT molecular complexity index is 876. The van der Waals surface area contributed by atoms with Gasteiger partial charge in [-0.1, -0.05) is 86.4 Å². The van der Waals surface area contributed by atoms with Crippen molar-refractivity contribution < 1.29 is 9.53 Å². The average molecular weight is 403 g/mol. The van der Waals surface area contributed by atoms with Gasteiger partial charge in [-0.15, -0.1) is 0 Å². The third-order valence-electron chi connectivity index (χ3n) is 7.13. The zero-order valence-electron chi connectivity index (χ0n) is 18.6. The van der Waals surface area contributed by atoms with Gasteiger partial charge in [-0.25, -0.2) is 0 Å². The van der Waals surface area contributed by atoms with Crippen molar-refractivity contribution in [3.05, 3.63) is 71.3 Å². The van der Waals surface area contributed by atoms with Gasteiger partial charge in [0.15, 0.2) is 0 Å². The maximum Gasteiger partial charge on any atom is 0.309 e. The van der Waals surface area contributed by atoms with Gasteiger partial charge in [0.1, 0.15) is 6.61 Å². The molecule has 3 unspecified atom stereocenters. The van der Waals surface area contributed by atoms with E-state index in [1.165, 1.54) is 40.7 Å². The minimum atomic E-state index is 0.0118. The van der Waals surface area contributed by atoms with Crippen LogP contribution in [0.25, 0.3) is 11.1 Å². The molecule has 4 rings (SSSR count). The highest BCUT2D eigenvalue weighted by atomic mass is 16.5. The topological polar surface area (TPSA) is 26.3 Å². The molecule has 2 heteroatoms. The first-order valence-electron chi connectivity index (χ1n) is 11.5. The van der Waals surface area contributed by atoms with Crippen molar-refractivity contribution in [3.63, 3.8) is 0 Å². The molecule has 3 atom stereocenters. The number of hydrogen-bond acceptors (Lipinski definition) is 2. The van der Waals surface area contributed by atoms with Gasteiger partial charge < -0.3 is 4.74 Å². The Labute approximate surface area is 181 Å². The first kappa shape index (κ1) is 20.9. The fourth-order valence-electron chi connectivity index (χ4n) is 5.43. The van der Waals surface area contributed by atoms with Gasteiger partial charge in [0.25, 0.3) is 0 Å². The second-order valence-corrected chi connectivity index (χ2v) is 9.41. The fraction of sp³-hybridized carbons (Fsp3) is 0.464. The van der Waals surface area contributed by atoms with Crippen LogP contribution in [0.2, 0.25) is 0 Å². The lowest BCUT2D eigenvalue weighted by molar-refractivity contribution is -0.151. The summed E-state index contributed by atoms with van der Waals surface area (Å²) in [6, 6.07) is 17.1. The highest BCUT2D eigenvalue weighted by molar-refractivity contribution is 5.79. The number of rotatable bonds is 5. The van der Waals surface area contributed by atoms with Crippen molar-refractivity contribution in [3.8, 4) is 11.1 Å². The van der Waals surface area contributed by atoms with Crippen LogP contribution in [0.1, 0.15) is 69.9 Å². The average Bonchev–Trinajstić information content (AvgIpc) is 2.94. The third-order valence-corrected chi connectivity index (χ3v) is 7.13. The van der Waals surface area contributed by atoms with Gasteiger partial charge in [0, 0.05) is 5.92 Å². The van der Waals surface area contributed by atoms with E-state index in [4.69, 9.17) is 4.74 Å². The van der Waals surface area contributed by atoms with E-state index >= 15 is 0 Å². The van der Waals surface area contributed by atoms with Crippen LogP contribution in [0.5, 0.6) is 0 Å². The molecule has 0 saturated heterocycles. The van der Waals surface area contributed by atoms with Crippen molar-refractivity contribution >= 4 is 5.97 Å². The highest BCUT2D eigenvalue weighted by Crippen LogP contribution is 2.45. The summed E-state index contributed by atoms with van der Waals surface area (Å²) in [5.74, 6) is 1.12. The number of ether oxygens (including phenoxy) is 1. The Hall–Kier alpha value is -2.35. The smallest absolute Gasteiger partial charge is 0.309 e. The quantitative estimate of drug-likeness (QED) is 0.302. The summed E-state index contributed by atoms with van der Waals surface area (Å²) < 4.78 is 6.06. The maximum absolute atomic E-state index is 13.3. The van der Waals surface area contributed by atoms with E-state index in [2.05, 4.69) is 75.4 Å².